The summed E-state index contributed by atoms with van der Waals surface area (Å²) in [6.45, 7) is 2.80. The molecule has 3 aromatic rings. The van der Waals surface area contributed by atoms with Gasteiger partial charge in [0.1, 0.15) is 5.56 Å². The number of hydrogen-bond donors (Lipinski definition) is 2. The van der Waals surface area contributed by atoms with Crippen LogP contribution in [0.25, 0.3) is 0 Å². The molecule has 0 bridgehead atoms. The highest BCUT2D eigenvalue weighted by Gasteiger charge is 2.37. The average Bonchev–Trinajstić information content (AvgIpc) is 3.30. The zero-order chi connectivity index (χ0) is 27.7. The van der Waals surface area contributed by atoms with Crippen molar-refractivity contribution in [3.63, 3.8) is 0 Å². The number of anilines is 2. The van der Waals surface area contributed by atoms with Crippen LogP contribution in [0.2, 0.25) is 0 Å². The van der Waals surface area contributed by atoms with Crippen molar-refractivity contribution in [2.24, 2.45) is 0 Å². The predicted octanol–water partition coefficient (Wildman–Crippen LogP) is 2.26. The Morgan fingerprint density at radius 2 is 1.68 bits per heavy atom. The van der Waals surface area contributed by atoms with E-state index in [2.05, 4.69) is 25.5 Å². The largest absolute Gasteiger partial charge is 0.423 e. The summed E-state index contributed by atoms with van der Waals surface area (Å²) in [5.74, 6) is -0.202. The maximum absolute atomic E-state index is 13.2. The van der Waals surface area contributed by atoms with Gasteiger partial charge in [0.2, 0.25) is 5.95 Å². The Kier molecular flexibility index (Phi) is 7.28. The fraction of sp³-hybridized carbons (Fsp3) is 0.429. The van der Waals surface area contributed by atoms with Crippen LogP contribution in [-0.4, -0.2) is 73.0 Å². The molecule has 204 valence electrons. The van der Waals surface area contributed by atoms with Crippen molar-refractivity contribution in [2.75, 3.05) is 36.4 Å². The Balaban J connectivity index is 1.33. The summed E-state index contributed by atoms with van der Waals surface area (Å²) in [5.41, 5.74) is -3.94. The van der Waals surface area contributed by atoms with Gasteiger partial charge < -0.3 is 15.1 Å². The number of carbonyl (C=O) groups excluding carboxylic acids is 1. The maximum atomic E-state index is 13.2. The van der Waals surface area contributed by atoms with Crippen LogP contribution in [0, 0.1) is 0 Å². The number of carbonyl (C=O) groups is 1. The molecule has 3 aromatic heterocycles. The van der Waals surface area contributed by atoms with Gasteiger partial charge in [0.05, 0.1) is 35.8 Å². The zero-order valence-electron chi connectivity index (χ0n) is 19.7. The second-order valence-corrected chi connectivity index (χ2v) is 8.53. The molecule has 0 aromatic carbocycles. The number of aromatic amines is 1. The van der Waals surface area contributed by atoms with Gasteiger partial charge in [0.25, 0.3) is 11.5 Å². The first kappa shape index (κ1) is 26.9. The normalized spacial score (nSPS) is 15.4. The van der Waals surface area contributed by atoms with Crippen molar-refractivity contribution in [3.8, 4) is 0 Å². The van der Waals surface area contributed by atoms with Gasteiger partial charge in [-0.3, -0.25) is 14.3 Å². The van der Waals surface area contributed by atoms with Gasteiger partial charge in [-0.15, -0.1) is 0 Å². The molecule has 0 radical (unpaired) electrons. The quantitative estimate of drug-likeness (QED) is 0.452. The van der Waals surface area contributed by atoms with Crippen LogP contribution in [0.4, 0.5) is 38.0 Å². The molecular formula is C21H21F6N9O2. The molecule has 2 N–H and O–H groups in total. The molecule has 4 rings (SSSR count). The maximum Gasteiger partial charge on any atom is 0.423 e. The summed E-state index contributed by atoms with van der Waals surface area (Å²) in [4.78, 5) is 35.3. The van der Waals surface area contributed by atoms with Crippen LogP contribution in [-0.2, 0) is 18.9 Å². The lowest BCUT2D eigenvalue weighted by Crippen LogP contribution is -2.49. The van der Waals surface area contributed by atoms with Gasteiger partial charge in [0.15, 0.2) is 0 Å². The summed E-state index contributed by atoms with van der Waals surface area (Å²) >= 11 is 0. The SMILES string of the molecule is CC(Cn1cc(C(=O)N2CCN(c3ncc(C(F)(F)F)cn3)CC2)cn1)Nc1cn[nH]c(=O)c1C(F)(F)F. The first-order valence-electron chi connectivity index (χ1n) is 11.2. The Hall–Kier alpha value is -4.18. The molecule has 1 unspecified atom stereocenters. The first-order chi connectivity index (χ1) is 17.8. The van der Waals surface area contributed by atoms with E-state index in [4.69, 9.17) is 0 Å². The monoisotopic (exact) mass is 545 g/mol. The third-order valence-corrected chi connectivity index (χ3v) is 5.70. The summed E-state index contributed by atoms with van der Waals surface area (Å²) < 4.78 is 79.2. The van der Waals surface area contributed by atoms with Crippen LogP contribution >= 0.6 is 0 Å². The number of halogens is 6. The van der Waals surface area contributed by atoms with E-state index < -0.39 is 40.8 Å². The Bertz CT molecular complexity index is 1330. The van der Waals surface area contributed by atoms with Crippen molar-refractivity contribution >= 4 is 17.5 Å². The van der Waals surface area contributed by atoms with Crippen molar-refractivity contribution in [1.82, 2.24) is 34.8 Å². The van der Waals surface area contributed by atoms with Crippen molar-refractivity contribution in [1.29, 1.82) is 0 Å². The highest BCUT2D eigenvalue weighted by Crippen LogP contribution is 2.32. The smallest absolute Gasteiger partial charge is 0.379 e. The van der Waals surface area contributed by atoms with Crippen LogP contribution in [0.1, 0.15) is 28.4 Å². The second kappa shape index (κ2) is 10.3. The van der Waals surface area contributed by atoms with Gasteiger partial charge in [0, 0.05) is 50.8 Å². The molecule has 1 aliphatic rings. The molecule has 11 nitrogen and oxygen atoms in total. The lowest BCUT2D eigenvalue weighted by Gasteiger charge is -2.34. The molecule has 1 saturated heterocycles. The minimum Gasteiger partial charge on any atom is -0.379 e. The van der Waals surface area contributed by atoms with Gasteiger partial charge >= 0.3 is 12.4 Å². The summed E-state index contributed by atoms with van der Waals surface area (Å²) in [5, 5.41) is 11.9. The number of hydrogen-bond acceptors (Lipinski definition) is 8. The fourth-order valence-electron chi connectivity index (χ4n) is 3.88. The number of piperazine rings is 1. The molecule has 1 atom stereocenters. The Morgan fingerprint density at radius 3 is 2.29 bits per heavy atom. The predicted molar refractivity (Wildman–Crippen MR) is 120 cm³/mol. The number of H-pyrrole nitrogens is 1. The van der Waals surface area contributed by atoms with Gasteiger partial charge in [-0.2, -0.15) is 36.5 Å². The van der Waals surface area contributed by atoms with Gasteiger partial charge in [-0.05, 0) is 6.92 Å². The third-order valence-electron chi connectivity index (χ3n) is 5.70. The highest BCUT2D eigenvalue weighted by atomic mass is 19.4. The van der Waals surface area contributed by atoms with Crippen molar-refractivity contribution < 1.29 is 31.1 Å². The van der Waals surface area contributed by atoms with E-state index in [1.54, 1.807) is 21.8 Å². The standard InChI is InChI=1S/C21H21F6N9O2/c1-12(32-15-9-30-33-17(37)16(15)21(25,26)27)10-36-11-13(6-31-36)18(38)34-2-4-35(5-3-34)19-28-7-14(8-29-19)20(22,23)24/h6-9,11-12H,2-5,10H2,1H3,(H2,32,33,37). The van der Waals surface area contributed by atoms with Crippen LogP contribution < -0.4 is 15.8 Å². The van der Waals surface area contributed by atoms with E-state index >= 15 is 0 Å². The summed E-state index contributed by atoms with van der Waals surface area (Å²) in [6, 6.07) is -0.616. The van der Waals surface area contributed by atoms with E-state index in [1.165, 1.54) is 17.1 Å². The molecular weight excluding hydrogens is 524 g/mol. The molecule has 17 heteroatoms. The molecule has 0 aliphatic carbocycles. The molecule has 1 amide bonds. The van der Waals surface area contributed by atoms with Crippen molar-refractivity contribution in [2.45, 2.75) is 31.9 Å². The summed E-state index contributed by atoms with van der Waals surface area (Å²) in [7, 11) is 0. The number of aromatic nitrogens is 6. The van der Waals surface area contributed by atoms with Crippen molar-refractivity contribution in [3.05, 3.63) is 58.0 Å². The number of nitrogens with one attached hydrogen (secondary N) is 2. The van der Waals surface area contributed by atoms with E-state index in [-0.39, 0.29) is 37.1 Å². The van der Waals surface area contributed by atoms with E-state index in [0.29, 0.717) is 25.5 Å². The van der Waals surface area contributed by atoms with E-state index in [0.717, 1.165) is 6.20 Å². The van der Waals surface area contributed by atoms with Crippen LogP contribution in [0.15, 0.2) is 35.8 Å². The number of rotatable bonds is 6. The van der Waals surface area contributed by atoms with E-state index in [1.807, 2.05) is 0 Å². The Morgan fingerprint density at radius 1 is 1.03 bits per heavy atom. The van der Waals surface area contributed by atoms with Crippen LogP contribution in [0.5, 0.6) is 0 Å². The second-order valence-electron chi connectivity index (χ2n) is 8.53. The first-order valence-corrected chi connectivity index (χ1v) is 11.2. The number of alkyl halides is 6. The molecule has 38 heavy (non-hydrogen) atoms. The minimum atomic E-state index is -4.88. The third kappa shape index (κ3) is 6.03. The van der Waals surface area contributed by atoms with E-state index in [9.17, 15) is 35.9 Å². The lowest BCUT2D eigenvalue weighted by atomic mass is 10.2. The average molecular weight is 545 g/mol. The number of nitrogens with zero attached hydrogens (tertiary/aromatic N) is 7. The number of amides is 1. The zero-order valence-corrected chi connectivity index (χ0v) is 19.7. The minimum absolute atomic E-state index is 0.0798. The lowest BCUT2D eigenvalue weighted by molar-refractivity contribution is -0.139. The molecule has 1 aliphatic heterocycles. The topological polar surface area (TPSA) is 125 Å². The molecule has 4 heterocycles. The fourth-order valence-corrected chi connectivity index (χ4v) is 3.88. The van der Waals surface area contributed by atoms with Crippen LogP contribution in [0.3, 0.4) is 0 Å². The molecule has 0 saturated carbocycles. The molecule has 0 spiro atoms. The molecule has 1 fully saturated rings. The highest BCUT2D eigenvalue weighted by molar-refractivity contribution is 5.93. The van der Waals surface area contributed by atoms with Gasteiger partial charge in [-0.25, -0.2) is 15.1 Å². The summed E-state index contributed by atoms with van der Waals surface area (Å²) in [6.07, 6.45) is -4.35. The Labute approximate surface area is 210 Å². The van der Waals surface area contributed by atoms with Gasteiger partial charge in [-0.1, -0.05) is 0 Å².